The molecule has 0 N–H and O–H groups in total. The maximum absolute atomic E-state index is 9.05. The number of hydrogen-bond donors (Lipinski definition) is 0. The van der Waals surface area contributed by atoms with Gasteiger partial charge in [0.2, 0.25) is 0 Å². The molecule has 1 nitrogen and oxygen atoms in total. The molecule has 2 heteroatoms. The fourth-order valence-electron chi connectivity index (χ4n) is 1.63. The van der Waals surface area contributed by atoms with Crippen molar-refractivity contribution in [3.8, 4) is 6.07 Å². The van der Waals surface area contributed by atoms with Crippen LogP contribution in [-0.2, 0) is 0 Å². The Bertz CT molecular complexity index is 538. The van der Waals surface area contributed by atoms with Crippen LogP contribution in [0.2, 0.25) is 0 Å². The highest BCUT2D eigenvalue weighted by molar-refractivity contribution is 14.1. The largest absolute Gasteiger partial charge is 0.192 e. The molecule has 0 bridgehead atoms. The van der Waals surface area contributed by atoms with Gasteiger partial charge in [0.15, 0.2) is 0 Å². The van der Waals surface area contributed by atoms with Crippen molar-refractivity contribution in [2.24, 2.45) is 0 Å². The summed E-state index contributed by atoms with van der Waals surface area (Å²) in [6.07, 6.45) is 0. The zero-order valence-electron chi connectivity index (χ0n) is 7.71. The summed E-state index contributed by atoms with van der Waals surface area (Å²) in [4.78, 5) is 0. The lowest BCUT2D eigenvalue weighted by Gasteiger charge is -2.05. The maximum atomic E-state index is 9.05. The second kappa shape index (κ2) is 3.58. The van der Waals surface area contributed by atoms with E-state index in [0.29, 0.717) is 0 Å². The fourth-order valence-corrected chi connectivity index (χ4v) is 2.51. The monoisotopic (exact) mass is 293 g/mol. The molecule has 0 aliphatic rings. The van der Waals surface area contributed by atoms with Gasteiger partial charge in [0.1, 0.15) is 6.07 Å². The smallest absolute Gasteiger partial charge is 0.101 e. The summed E-state index contributed by atoms with van der Waals surface area (Å²) in [5.41, 5.74) is 2.01. The molecule has 0 aliphatic carbocycles. The average molecular weight is 293 g/mol. The second-order valence-electron chi connectivity index (χ2n) is 3.21. The van der Waals surface area contributed by atoms with Crippen LogP contribution in [-0.4, -0.2) is 0 Å². The minimum Gasteiger partial charge on any atom is -0.192 e. The zero-order valence-corrected chi connectivity index (χ0v) is 9.87. The predicted molar refractivity (Wildman–Crippen MR) is 66.1 cm³/mol. The van der Waals surface area contributed by atoms with Crippen LogP contribution in [0.4, 0.5) is 0 Å². The number of fused-ring (bicyclic) bond motifs is 1. The first-order valence-electron chi connectivity index (χ1n) is 4.32. The van der Waals surface area contributed by atoms with Gasteiger partial charge in [-0.15, -0.1) is 0 Å². The zero-order chi connectivity index (χ0) is 10.1. The summed E-state index contributed by atoms with van der Waals surface area (Å²) < 4.78 is 1.03. The van der Waals surface area contributed by atoms with Gasteiger partial charge in [-0.25, -0.2) is 0 Å². The molecule has 0 atom stereocenters. The molecule has 0 saturated carbocycles. The molecule has 0 spiro atoms. The van der Waals surface area contributed by atoms with Crippen molar-refractivity contribution in [1.29, 1.82) is 5.26 Å². The molecular weight excluding hydrogens is 285 g/mol. The van der Waals surface area contributed by atoms with Gasteiger partial charge >= 0.3 is 0 Å². The van der Waals surface area contributed by atoms with Gasteiger partial charge in [-0.3, -0.25) is 0 Å². The number of hydrogen-bond acceptors (Lipinski definition) is 1. The van der Waals surface area contributed by atoms with E-state index in [-0.39, 0.29) is 0 Å². The van der Waals surface area contributed by atoms with Crippen LogP contribution in [0.5, 0.6) is 0 Å². The molecule has 0 heterocycles. The van der Waals surface area contributed by atoms with Crippen molar-refractivity contribution in [2.75, 3.05) is 0 Å². The quantitative estimate of drug-likeness (QED) is 0.680. The van der Waals surface area contributed by atoms with Crippen LogP contribution >= 0.6 is 22.6 Å². The minimum atomic E-state index is 0.784. The van der Waals surface area contributed by atoms with Gasteiger partial charge in [-0.1, -0.05) is 24.3 Å². The molecule has 2 aromatic carbocycles. The molecule has 2 aromatic rings. The summed E-state index contributed by atoms with van der Waals surface area (Å²) >= 11 is 2.21. The van der Waals surface area contributed by atoms with Crippen molar-refractivity contribution in [2.45, 2.75) is 6.92 Å². The third-order valence-electron chi connectivity index (χ3n) is 2.32. The lowest BCUT2D eigenvalue weighted by atomic mass is 10.0. The first kappa shape index (κ1) is 9.47. The molecular formula is C12H8IN. The Kier molecular flexibility index (Phi) is 2.42. The Balaban J connectivity index is 3.00. The van der Waals surface area contributed by atoms with Crippen LogP contribution in [0, 0.1) is 21.8 Å². The van der Waals surface area contributed by atoms with Crippen molar-refractivity contribution in [3.63, 3.8) is 0 Å². The third kappa shape index (κ3) is 1.38. The number of rotatable bonds is 0. The number of aryl methyl sites for hydroxylation is 1. The van der Waals surface area contributed by atoms with E-state index in [1.165, 1.54) is 10.9 Å². The van der Waals surface area contributed by atoms with E-state index < -0.39 is 0 Å². The van der Waals surface area contributed by atoms with Gasteiger partial charge in [-0.2, -0.15) is 5.26 Å². The van der Waals surface area contributed by atoms with Crippen LogP contribution in [0.3, 0.4) is 0 Å². The lowest BCUT2D eigenvalue weighted by molar-refractivity contribution is 1.45. The standard InChI is InChI=1S/C12H8IN/c1-8-6-12(13)11(7-14)10-5-3-2-4-9(8)10/h2-6H,1H3. The van der Waals surface area contributed by atoms with E-state index in [1.807, 2.05) is 18.2 Å². The van der Waals surface area contributed by atoms with E-state index in [0.717, 1.165) is 14.5 Å². The molecule has 0 radical (unpaired) electrons. The minimum absolute atomic E-state index is 0.784. The number of nitrogens with zero attached hydrogens (tertiary/aromatic N) is 1. The predicted octanol–water partition coefficient (Wildman–Crippen LogP) is 3.62. The Hall–Kier alpha value is -1.08. The van der Waals surface area contributed by atoms with E-state index in [4.69, 9.17) is 5.26 Å². The summed E-state index contributed by atoms with van der Waals surface area (Å²) in [7, 11) is 0. The van der Waals surface area contributed by atoms with E-state index in [1.54, 1.807) is 0 Å². The van der Waals surface area contributed by atoms with E-state index in [9.17, 15) is 0 Å². The highest BCUT2D eigenvalue weighted by atomic mass is 127. The topological polar surface area (TPSA) is 23.8 Å². The van der Waals surface area contributed by atoms with Gasteiger partial charge in [0.05, 0.1) is 5.56 Å². The number of benzene rings is 2. The Morgan fingerprint density at radius 2 is 1.86 bits per heavy atom. The van der Waals surface area contributed by atoms with Crippen molar-refractivity contribution >= 4 is 33.4 Å². The lowest BCUT2D eigenvalue weighted by Crippen LogP contribution is -1.87. The molecule has 14 heavy (non-hydrogen) atoms. The van der Waals surface area contributed by atoms with E-state index in [2.05, 4.69) is 47.7 Å². The van der Waals surface area contributed by atoms with Gasteiger partial charge < -0.3 is 0 Å². The fraction of sp³-hybridized carbons (Fsp3) is 0.0833. The van der Waals surface area contributed by atoms with E-state index >= 15 is 0 Å². The summed E-state index contributed by atoms with van der Waals surface area (Å²) in [6, 6.07) is 12.3. The molecule has 0 unspecified atom stereocenters. The summed E-state index contributed by atoms with van der Waals surface area (Å²) in [6.45, 7) is 2.08. The average Bonchev–Trinajstić information content (AvgIpc) is 2.18. The molecule has 0 amide bonds. The Labute approximate surface area is 96.5 Å². The van der Waals surface area contributed by atoms with Crippen LogP contribution in [0.1, 0.15) is 11.1 Å². The van der Waals surface area contributed by atoms with Gasteiger partial charge in [0.25, 0.3) is 0 Å². The van der Waals surface area contributed by atoms with Crippen molar-refractivity contribution < 1.29 is 0 Å². The molecule has 0 saturated heterocycles. The summed E-state index contributed by atoms with van der Waals surface area (Å²) in [5.74, 6) is 0. The number of nitriles is 1. The molecule has 2 rings (SSSR count). The van der Waals surface area contributed by atoms with Gasteiger partial charge in [-0.05, 0) is 46.5 Å². The Morgan fingerprint density at radius 1 is 1.21 bits per heavy atom. The summed E-state index contributed by atoms with van der Waals surface area (Å²) in [5, 5.41) is 11.3. The van der Waals surface area contributed by atoms with Crippen LogP contribution < -0.4 is 0 Å². The normalized spacial score (nSPS) is 10.1. The molecule has 0 aromatic heterocycles. The third-order valence-corrected chi connectivity index (χ3v) is 3.17. The van der Waals surface area contributed by atoms with Crippen LogP contribution in [0.15, 0.2) is 30.3 Å². The first-order chi connectivity index (χ1) is 6.74. The van der Waals surface area contributed by atoms with Gasteiger partial charge in [0, 0.05) is 8.96 Å². The highest BCUT2D eigenvalue weighted by Gasteiger charge is 2.06. The molecule has 68 valence electrons. The molecule has 0 fully saturated rings. The number of halogens is 1. The SMILES string of the molecule is Cc1cc(I)c(C#N)c2ccccc12. The van der Waals surface area contributed by atoms with Crippen molar-refractivity contribution in [3.05, 3.63) is 45.0 Å². The Morgan fingerprint density at radius 3 is 2.50 bits per heavy atom. The van der Waals surface area contributed by atoms with Crippen LogP contribution in [0.25, 0.3) is 10.8 Å². The maximum Gasteiger partial charge on any atom is 0.101 e. The highest BCUT2D eigenvalue weighted by Crippen LogP contribution is 2.26. The second-order valence-corrected chi connectivity index (χ2v) is 4.37. The van der Waals surface area contributed by atoms with Crippen molar-refractivity contribution in [1.82, 2.24) is 0 Å². The molecule has 0 aliphatic heterocycles. The first-order valence-corrected chi connectivity index (χ1v) is 5.40.